The summed E-state index contributed by atoms with van der Waals surface area (Å²) in [5.41, 5.74) is 1.31. The minimum atomic E-state index is -3.99. The third-order valence-electron chi connectivity index (χ3n) is 6.61. The first-order chi connectivity index (χ1) is 18.6. The van der Waals surface area contributed by atoms with Crippen LogP contribution in [0.4, 0.5) is 11.4 Å². The van der Waals surface area contributed by atoms with E-state index in [0.717, 1.165) is 24.8 Å². The summed E-state index contributed by atoms with van der Waals surface area (Å²) in [4.78, 5) is 13.6. The van der Waals surface area contributed by atoms with Crippen molar-refractivity contribution < 1.29 is 36.9 Å². The number of benzene rings is 2. The Labute approximate surface area is 235 Å². The molecule has 40 heavy (non-hydrogen) atoms. The Balaban J connectivity index is 1.53. The molecule has 1 fully saturated rings. The predicted octanol–water partition coefficient (Wildman–Crippen LogP) is 1.83. The van der Waals surface area contributed by atoms with E-state index in [0.29, 0.717) is 18.7 Å². The van der Waals surface area contributed by atoms with Crippen molar-refractivity contribution in [3.05, 3.63) is 48.0 Å². The highest BCUT2D eigenvalue weighted by Gasteiger charge is 2.27. The maximum absolute atomic E-state index is 12.7. The van der Waals surface area contributed by atoms with Crippen molar-refractivity contribution in [3.8, 4) is 5.75 Å². The smallest absolute Gasteiger partial charge is 0.321 e. The summed E-state index contributed by atoms with van der Waals surface area (Å²) in [6.45, 7) is 5.30. The van der Waals surface area contributed by atoms with E-state index in [1.54, 1.807) is 12.1 Å². The molecule has 222 valence electrons. The van der Waals surface area contributed by atoms with Gasteiger partial charge in [0.05, 0.1) is 22.9 Å². The molecule has 14 heteroatoms. The van der Waals surface area contributed by atoms with E-state index in [9.17, 15) is 36.9 Å². The largest absolute Gasteiger partial charge is 0.506 e. The number of nitrogens with zero attached hydrogens (tertiary/aromatic N) is 1. The summed E-state index contributed by atoms with van der Waals surface area (Å²) < 4.78 is 53.0. The molecule has 0 saturated carbocycles. The van der Waals surface area contributed by atoms with Crippen molar-refractivity contribution in [2.75, 3.05) is 35.5 Å². The summed E-state index contributed by atoms with van der Waals surface area (Å²) in [5.74, 6) is -1.44. The average Bonchev–Trinajstić information content (AvgIpc) is 2.87. The van der Waals surface area contributed by atoms with Crippen molar-refractivity contribution in [1.82, 2.24) is 10.0 Å². The lowest BCUT2D eigenvalue weighted by Gasteiger charge is -2.34. The van der Waals surface area contributed by atoms with Gasteiger partial charge in [0.15, 0.2) is 0 Å². The standard InChI is InChI=1S/C26H38N4O8S2/c1-17(2)14-23(26(33)34)29-40(37,38)21-7-5-20(6-8-21)30-12-10-19(11-13-30)27-16-25(32)18-4-9-24(31)22(15-18)28-39(3,35)36/h4-9,15,17,19,23,25,27-29,31-32H,10-14,16H2,1-3H3,(H,33,34)/t23-,25-/m0/s1. The van der Waals surface area contributed by atoms with Gasteiger partial charge in [-0.15, -0.1) is 0 Å². The van der Waals surface area contributed by atoms with Gasteiger partial charge in [-0.2, -0.15) is 4.72 Å². The second kappa shape index (κ2) is 13.2. The number of hydrogen-bond donors (Lipinski definition) is 6. The molecule has 0 amide bonds. The number of carboxylic acids is 1. The van der Waals surface area contributed by atoms with Gasteiger partial charge < -0.3 is 25.5 Å². The summed E-state index contributed by atoms with van der Waals surface area (Å²) >= 11 is 0. The maximum Gasteiger partial charge on any atom is 0.321 e. The van der Waals surface area contributed by atoms with Crippen LogP contribution in [0, 0.1) is 5.92 Å². The van der Waals surface area contributed by atoms with Crippen LogP contribution in [0.3, 0.4) is 0 Å². The Morgan fingerprint density at radius 3 is 2.23 bits per heavy atom. The van der Waals surface area contributed by atoms with E-state index in [1.807, 2.05) is 13.8 Å². The zero-order valence-electron chi connectivity index (χ0n) is 22.7. The molecule has 6 N–H and O–H groups in total. The van der Waals surface area contributed by atoms with Crippen LogP contribution >= 0.6 is 0 Å². The number of phenolic OH excluding ortho intramolecular Hbond substituents is 1. The Kier molecular flexibility index (Phi) is 10.4. The molecule has 1 saturated heterocycles. The summed E-state index contributed by atoms with van der Waals surface area (Å²) in [6.07, 6.45) is 1.80. The van der Waals surface area contributed by atoms with Gasteiger partial charge in [-0.05, 0) is 67.1 Å². The highest BCUT2D eigenvalue weighted by Crippen LogP contribution is 2.28. The third-order valence-corrected chi connectivity index (χ3v) is 8.69. The van der Waals surface area contributed by atoms with E-state index in [-0.39, 0.29) is 41.3 Å². The van der Waals surface area contributed by atoms with Crippen molar-refractivity contribution in [1.29, 1.82) is 0 Å². The summed E-state index contributed by atoms with van der Waals surface area (Å²) in [5, 5.41) is 33.2. The number of aliphatic carboxylic acids is 1. The van der Waals surface area contributed by atoms with E-state index < -0.39 is 38.2 Å². The first kappa shape index (κ1) is 31.6. The van der Waals surface area contributed by atoms with Crippen LogP contribution in [-0.4, -0.2) is 76.1 Å². The van der Waals surface area contributed by atoms with Gasteiger partial charge in [0.25, 0.3) is 0 Å². The molecule has 3 rings (SSSR count). The minimum Gasteiger partial charge on any atom is -0.506 e. The lowest BCUT2D eigenvalue weighted by Crippen LogP contribution is -2.43. The lowest BCUT2D eigenvalue weighted by atomic mass is 10.0. The fourth-order valence-corrected chi connectivity index (χ4v) is 6.31. The molecule has 2 aromatic rings. The molecule has 0 radical (unpaired) electrons. The molecule has 1 aliphatic rings. The van der Waals surface area contributed by atoms with E-state index in [4.69, 9.17) is 0 Å². The Hall–Kier alpha value is -2.91. The number of nitrogens with one attached hydrogen (secondary N) is 3. The zero-order valence-corrected chi connectivity index (χ0v) is 24.4. The topological polar surface area (TPSA) is 185 Å². The van der Waals surface area contributed by atoms with Crippen LogP contribution in [0.25, 0.3) is 0 Å². The van der Waals surface area contributed by atoms with Crippen LogP contribution in [0.2, 0.25) is 0 Å². The molecule has 0 bridgehead atoms. The number of aromatic hydroxyl groups is 1. The van der Waals surface area contributed by atoms with E-state index in [2.05, 4.69) is 19.7 Å². The minimum absolute atomic E-state index is 0.000723. The van der Waals surface area contributed by atoms with Crippen LogP contribution in [0.1, 0.15) is 44.8 Å². The Morgan fingerprint density at radius 2 is 1.68 bits per heavy atom. The number of hydrogen-bond acceptors (Lipinski definition) is 9. The van der Waals surface area contributed by atoms with Gasteiger partial charge in [0.1, 0.15) is 11.8 Å². The maximum atomic E-state index is 12.7. The van der Waals surface area contributed by atoms with Crippen molar-refractivity contribution >= 4 is 37.4 Å². The molecule has 0 aliphatic carbocycles. The van der Waals surface area contributed by atoms with Gasteiger partial charge in [-0.25, -0.2) is 16.8 Å². The molecular formula is C26H38N4O8S2. The highest BCUT2D eigenvalue weighted by molar-refractivity contribution is 7.92. The first-order valence-corrected chi connectivity index (χ1v) is 16.3. The average molecular weight is 599 g/mol. The predicted molar refractivity (Wildman–Crippen MR) is 152 cm³/mol. The number of carbonyl (C=O) groups is 1. The van der Waals surface area contributed by atoms with Crippen molar-refractivity contribution in [2.45, 2.75) is 56.2 Å². The second-order valence-corrected chi connectivity index (χ2v) is 13.9. The number of rotatable bonds is 13. The molecule has 0 spiro atoms. The number of sulfonamides is 2. The lowest BCUT2D eigenvalue weighted by molar-refractivity contribution is -0.139. The summed E-state index contributed by atoms with van der Waals surface area (Å²) in [7, 11) is -7.58. The van der Waals surface area contributed by atoms with Gasteiger partial charge in [0.2, 0.25) is 20.0 Å². The van der Waals surface area contributed by atoms with Gasteiger partial charge in [-0.1, -0.05) is 19.9 Å². The number of phenols is 1. The fourth-order valence-electron chi connectivity index (χ4n) is 4.54. The van der Waals surface area contributed by atoms with Crippen LogP contribution in [-0.2, 0) is 24.8 Å². The van der Waals surface area contributed by atoms with Gasteiger partial charge in [0, 0.05) is 31.4 Å². The summed E-state index contributed by atoms with van der Waals surface area (Å²) in [6, 6.07) is 9.54. The second-order valence-electron chi connectivity index (χ2n) is 10.5. The fraction of sp³-hybridized carbons (Fsp3) is 0.500. The molecule has 2 aromatic carbocycles. The van der Waals surface area contributed by atoms with Crippen molar-refractivity contribution in [2.24, 2.45) is 5.92 Å². The molecule has 1 aliphatic heterocycles. The molecular weight excluding hydrogens is 560 g/mol. The van der Waals surface area contributed by atoms with Gasteiger partial charge in [-0.3, -0.25) is 9.52 Å². The first-order valence-electron chi connectivity index (χ1n) is 13.0. The Bertz CT molecular complexity index is 1370. The number of anilines is 2. The van der Waals surface area contributed by atoms with Crippen LogP contribution < -0.4 is 19.7 Å². The highest BCUT2D eigenvalue weighted by atomic mass is 32.2. The normalized spacial score (nSPS) is 16.6. The molecule has 0 unspecified atom stereocenters. The van der Waals surface area contributed by atoms with Gasteiger partial charge >= 0.3 is 5.97 Å². The molecule has 1 heterocycles. The quantitative estimate of drug-likeness (QED) is 0.186. The Morgan fingerprint density at radius 1 is 1.05 bits per heavy atom. The zero-order chi connectivity index (χ0) is 29.7. The molecule has 12 nitrogen and oxygen atoms in total. The van der Waals surface area contributed by atoms with Crippen LogP contribution in [0.15, 0.2) is 47.4 Å². The van der Waals surface area contributed by atoms with E-state index in [1.165, 1.54) is 30.3 Å². The monoisotopic (exact) mass is 598 g/mol. The number of piperidine rings is 1. The molecule has 2 atom stereocenters. The third kappa shape index (κ3) is 9.06. The van der Waals surface area contributed by atoms with E-state index >= 15 is 0 Å². The number of carboxylic acid groups (broad SMARTS) is 1. The SMILES string of the molecule is CC(C)C[C@H](NS(=O)(=O)c1ccc(N2CCC(NC[C@H](O)c3ccc(O)c(NS(C)(=O)=O)c3)CC2)cc1)C(=O)O. The van der Waals surface area contributed by atoms with Crippen molar-refractivity contribution in [3.63, 3.8) is 0 Å². The number of aliphatic hydroxyl groups is 1. The van der Waals surface area contributed by atoms with Crippen LogP contribution in [0.5, 0.6) is 5.75 Å². The number of aliphatic hydroxyl groups excluding tert-OH is 1. The molecule has 0 aromatic heterocycles.